The molecule has 1 N–H and O–H groups in total. The second-order valence-corrected chi connectivity index (χ2v) is 3.44. The molecule has 0 aromatic heterocycles. The van der Waals surface area contributed by atoms with Crippen molar-refractivity contribution in [3.63, 3.8) is 0 Å². The average molecular weight is 181 g/mol. The molecule has 72 valence electrons. The van der Waals surface area contributed by atoms with Crippen LogP contribution in [0.4, 0.5) is 0 Å². The van der Waals surface area contributed by atoms with Crippen LogP contribution in [0.15, 0.2) is 0 Å². The number of hydrogen-bond donors (Lipinski definition) is 1. The van der Waals surface area contributed by atoms with Crippen LogP contribution in [0, 0.1) is 29.6 Å². The Kier molecular flexibility index (Phi) is 4.48. The zero-order valence-corrected chi connectivity index (χ0v) is 8.24. The smallest absolute Gasteiger partial charge is 0.174 e. The van der Waals surface area contributed by atoms with Gasteiger partial charge in [-0.05, 0) is 12.8 Å². The molecule has 0 heterocycles. The van der Waals surface area contributed by atoms with Crippen LogP contribution < -0.4 is 0 Å². The summed E-state index contributed by atoms with van der Waals surface area (Å²) in [4.78, 5) is 0. The Labute approximate surface area is 79.3 Å². The van der Waals surface area contributed by atoms with E-state index in [-0.39, 0.29) is 12.5 Å². The molecule has 0 saturated carbocycles. The Morgan fingerprint density at radius 2 is 2.15 bits per heavy atom. The Morgan fingerprint density at radius 3 is 2.46 bits per heavy atom. The molecule has 0 spiro atoms. The van der Waals surface area contributed by atoms with Gasteiger partial charge in [0.25, 0.3) is 0 Å². The Hall–Kier alpha value is -1.03. The van der Waals surface area contributed by atoms with Crippen LogP contribution >= 0.6 is 0 Å². The monoisotopic (exact) mass is 181 g/mol. The van der Waals surface area contributed by atoms with Crippen LogP contribution in [0.2, 0.25) is 0 Å². The van der Waals surface area contributed by atoms with Crippen molar-refractivity contribution >= 4 is 0 Å². The van der Waals surface area contributed by atoms with Crippen LogP contribution in [-0.2, 0) is 4.74 Å². The van der Waals surface area contributed by atoms with Gasteiger partial charge >= 0.3 is 0 Å². The molecule has 2 atom stereocenters. The van der Waals surface area contributed by atoms with Gasteiger partial charge in [-0.1, -0.05) is 19.8 Å². The van der Waals surface area contributed by atoms with Gasteiger partial charge < -0.3 is 9.84 Å². The molecule has 0 aliphatic rings. The molecular formula is C10H15NO2. The number of aliphatic hydroxyl groups is 1. The molecule has 0 bridgehead atoms. The topological polar surface area (TPSA) is 53.2 Å². The van der Waals surface area contributed by atoms with E-state index in [1.165, 1.54) is 6.92 Å². The molecule has 0 aliphatic carbocycles. The van der Waals surface area contributed by atoms with Crippen LogP contribution in [0.5, 0.6) is 0 Å². The predicted molar refractivity (Wildman–Crippen MR) is 49.6 cm³/mol. The van der Waals surface area contributed by atoms with E-state index in [0.29, 0.717) is 0 Å². The quantitative estimate of drug-likeness (QED) is 0.518. The first-order chi connectivity index (χ1) is 5.95. The number of terminal acetylenes is 1. The molecule has 0 aliphatic heterocycles. The summed E-state index contributed by atoms with van der Waals surface area (Å²) in [6, 6.07) is 1.79. The zero-order chi connectivity index (χ0) is 10.5. The van der Waals surface area contributed by atoms with Crippen molar-refractivity contribution in [2.24, 2.45) is 5.92 Å². The van der Waals surface area contributed by atoms with Gasteiger partial charge in [-0.15, -0.1) is 6.42 Å². The SMILES string of the molecule is C#CCO[C@H](C(C)C)C(C)(O)C#N. The number of nitrogens with zero attached hydrogens (tertiary/aromatic N) is 1. The lowest BCUT2D eigenvalue weighted by Gasteiger charge is -2.29. The maximum atomic E-state index is 9.63. The fourth-order valence-electron chi connectivity index (χ4n) is 1.21. The second-order valence-electron chi connectivity index (χ2n) is 3.44. The van der Waals surface area contributed by atoms with E-state index >= 15 is 0 Å². The number of rotatable bonds is 4. The van der Waals surface area contributed by atoms with E-state index < -0.39 is 11.7 Å². The van der Waals surface area contributed by atoms with Crippen LogP contribution in [0.1, 0.15) is 20.8 Å². The number of nitriles is 1. The molecule has 0 fully saturated rings. The highest BCUT2D eigenvalue weighted by Gasteiger charge is 2.34. The lowest BCUT2D eigenvalue weighted by atomic mass is 9.91. The van der Waals surface area contributed by atoms with E-state index in [1.54, 1.807) is 6.07 Å². The highest BCUT2D eigenvalue weighted by Crippen LogP contribution is 2.19. The van der Waals surface area contributed by atoms with Gasteiger partial charge in [0.05, 0.1) is 6.07 Å². The average Bonchev–Trinajstić information content (AvgIpc) is 2.04. The third kappa shape index (κ3) is 3.46. The second kappa shape index (κ2) is 4.87. The van der Waals surface area contributed by atoms with E-state index in [0.717, 1.165) is 0 Å². The van der Waals surface area contributed by atoms with Gasteiger partial charge in [-0.25, -0.2) is 0 Å². The van der Waals surface area contributed by atoms with Gasteiger partial charge in [0, 0.05) is 0 Å². The van der Waals surface area contributed by atoms with Crippen molar-refractivity contribution < 1.29 is 9.84 Å². The van der Waals surface area contributed by atoms with Gasteiger partial charge in [-0.3, -0.25) is 0 Å². The molecular weight excluding hydrogens is 166 g/mol. The Morgan fingerprint density at radius 1 is 1.62 bits per heavy atom. The lowest BCUT2D eigenvalue weighted by molar-refractivity contribution is -0.0792. The minimum Gasteiger partial charge on any atom is -0.373 e. The minimum absolute atomic E-state index is 0.0444. The molecule has 1 unspecified atom stereocenters. The fraction of sp³-hybridized carbons (Fsp3) is 0.700. The zero-order valence-electron chi connectivity index (χ0n) is 8.24. The maximum Gasteiger partial charge on any atom is 0.174 e. The van der Waals surface area contributed by atoms with Crippen molar-refractivity contribution in [1.82, 2.24) is 0 Å². The summed E-state index contributed by atoms with van der Waals surface area (Å²) >= 11 is 0. The standard InChI is InChI=1S/C10H15NO2/c1-5-6-13-9(8(2)3)10(4,12)7-11/h1,8-9,12H,6H2,2-4H3/t9-,10?/m1/s1. The highest BCUT2D eigenvalue weighted by atomic mass is 16.5. The van der Waals surface area contributed by atoms with E-state index in [9.17, 15) is 5.11 Å². The Bertz CT molecular complexity index is 232. The largest absolute Gasteiger partial charge is 0.373 e. The van der Waals surface area contributed by atoms with Gasteiger partial charge in [0.15, 0.2) is 5.60 Å². The molecule has 0 aromatic carbocycles. The van der Waals surface area contributed by atoms with Gasteiger partial charge in [0.2, 0.25) is 0 Å². The summed E-state index contributed by atoms with van der Waals surface area (Å²) in [6.07, 6.45) is 4.47. The van der Waals surface area contributed by atoms with Gasteiger partial charge in [0.1, 0.15) is 12.7 Å². The molecule has 0 saturated heterocycles. The molecule has 3 heteroatoms. The summed E-state index contributed by atoms with van der Waals surface area (Å²) in [5, 5.41) is 18.3. The number of hydrogen-bond acceptors (Lipinski definition) is 3. The molecule has 0 radical (unpaired) electrons. The first kappa shape index (κ1) is 12.0. The van der Waals surface area contributed by atoms with Crippen LogP contribution in [0.25, 0.3) is 0 Å². The highest BCUT2D eigenvalue weighted by molar-refractivity contribution is 5.04. The molecule has 0 aromatic rings. The fourth-order valence-corrected chi connectivity index (χ4v) is 1.21. The van der Waals surface area contributed by atoms with Crippen molar-refractivity contribution in [2.45, 2.75) is 32.5 Å². The van der Waals surface area contributed by atoms with Crippen molar-refractivity contribution in [3.05, 3.63) is 0 Å². The normalized spacial score (nSPS) is 17.2. The summed E-state index contributed by atoms with van der Waals surface area (Å²) in [7, 11) is 0. The Balaban J connectivity index is 4.46. The molecule has 13 heavy (non-hydrogen) atoms. The van der Waals surface area contributed by atoms with Crippen molar-refractivity contribution in [2.75, 3.05) is 6.61 Å². The van der Waals surface area contributed by atoms with E-state index in [2.05, 4.69) is 5.92 Å². The lowest BCUT2D eigenvalue weighted by Crippen LogP contribution is -2.43. The van der Waals surface area contributed by atoms with Crippen LogP contribution in [-0.4, -0.2) is 23.4 Å². The van der Waals surface area contributed by atoms with Crippen molar-refractivity contribution in [3.8, 4) is 18.4 Å². The van der Waals surface area contributed by atoms with E-state index in [4.69, 9.17) is 16.4 Å². The summed E-state index contributed by atoms with van der Waals surface area (Å²) in [5.74, 6) is 2.35. The maximum absolute atomic E-state index is 9.63. The predicted octanol–water partition coefficient (Wildman–Crippen LogP) is 0.935. The van der Waals surface area contributed by atoms with Crippen molar-refractivity contribution in [1.29, 1.82) is 5.26 Å². The third-order valence-electron chi connectivity index (χ3n) is 1.73. The molecule has 0 rings (SSSR count). The summed E-state index contributed by atoms with van der Waals surface area (Å²) < 4.78 is 5.20. The minimum atomic E-state index is -1.48. The first-order valence-corrected chi connectivity index (χ1v) is 4.14. The van der Waals surface area contributed by atoms with Gasteiger partial charge in [-0.2, -0.15) is 5.26 Å². The summed E-state index contributed by atoms with van der Waals surface area (Å²) in [6.45, 7) is 5.27. The third-order valence-corrected chi connectivity index (χ3v) is 1.73. The molecule has 0 amide bonds. The summed E-state index contributed by atoms with van der Waals surface area (Å²) in [5.41, 5.74) is -1.48. The van der Waals surface area contributed by atoms with Crippen LogP contribution in [0.3, 0.4) is 0 Å². The number of ether oxygens (including phenoxy) is 1. The first-order valence-electron chi connectivity index (χ1n) is 4.14. The van der Waals surface area contributed by atoms with E-state index in [1.807, 2.05) is 13.8 Å². The molecule has 3 nitrogen and oxygen atoms in total.